The third-order valence-electron chi connectivity index (χ3n) is 5.45. The van der Waals surface area contributed by atoms with Crippen LogP contribution in [0.3, 0.4) is 0 Å². The zero-order valence-electron chi connectivity index (χ0n) is 19.1. The fourth-order valence-corrected chi connectivity index (χ4v) is 3.63. The van der Waals surface area contributed by atoms with Gasteiger partial charge in [-0.1, -0.05) is 24.3 Å². The number of para-hydroxylation sites is 1. The molecular formula is C27H28O7. The molecule has 0 aliphatic carbocycles. The van der Waals surface area contributed by atoms with Crippen molar-refractivity contribution in [2.45, 2.75) is 25.6 Å². The first kappa shape index (κ1) is 23.6. The van der Waals surface area contributed by atoms with Crippen molar-refractivity contribution in [1.82, 2.24) is 0 Å². The molecule has 0 saturated carbocycles. The van der Waals surface area contributed by atoms with Gasteiger partial charge in [0.2, 0.25) is 0 Å². The van der Waals surface area contributed by atoms with E-state index in [1.807, 2.05) is 79.7 Å². The van der Waals surface area contributed by atoms with Crippen molar-refractivity contribution in [3.05, 3.63) is 83.9 Å². The molecule has 3 aromatic carbocycles. The second-order valence-electron chi connectivity index (χ2n) is 7.96. The molecule has 7 heteroatoms. The summed E-state index contributed by atoms with van der Waals surface area (Å²) >= 11 is 0. The van der Waals surface area contributed by atoms with Crippen molar-refractivity contribution >= 4 is 5.97 Å². The van der Waals surface area contributed by atoms with E-state index in [2.05, 4.69) is 0 Å². The molecule has 0 unspecified atom stereocenters. The number of carboxylic acid groups (broad SMARTS) is 1. The van der Waals surface area contributed by atoms with Crippen LogP contribution in [0.15, 0.2) is 72.8 Å². The Labute approximate surface area is 198 Å². The van der Waals surface area contributed by atoms with Crippen LogP contribution in [0.25, 0.3) is 0 Å². The Kier molecular flexibility index (Phi) is 7.67. The summed E-state index contributed by atoms with van der Waals surface area (Å²) in [6.07, 6.45) is 0.829. The van der Waals surface area contributed by atoms with Crippen LogP contribution in [0.4, 0.5) is 0 Å². The van der Waals surface area contributed by atoms with E-state index in [0.717, 1.165) is 28.4 Å². The minimum atomic E-state index is -1.62. The van der Waals surface area contributed by atoms with E-state index in [1.54, 1.807) is 0 Å². The first-order valence-corrected chi connectivity index (χ1v) is 11.2. The van der Waals surface area contributed by atoms with Gasteiger partial charge in [0.05, 0.1) is 13.2 Å². The van der Waals surface area contributed by atoms with Crippen molar-refractivity contribution in [3.8, 4) is 23.0 Å². The fraction of sp³-hybridized carbons (Fsp3) is 0.296. The topological polar surface area (TPSA) is 83.5 Å². The van der Waals surface area contributed by atoms with E-state index in [9.17, 15) is 9.90 Å². The number of carbonyl (C=O) groups is 1. The highest BCUT2D eigenvalue weighted by molar-refractivity contribution is 5.76. The third-order valence-corrected chi connectivity index (χ3v) is 5.45. The van der Waals surface area contributed by atoms with Gasteiger partial charge in [-0.3, -0.25) is 0 Å². The predicted octanol–water partition coefficient (Wildman–Crippen LogP) is 5.01. The molecule has 1 heterocycles. The minimum absolute atomic E-state index is 0.140. The highest BCUT2D eigenvalue weighted by Crippen LogP contribution is 2.28. The zero-order chi connectivity index (χ0) is 23.8. The molecule has 7 nitrogen and oxygen atoms in total. The predicted molar refractivity (Wildman–Crippen MR) is 126 cm³/mol. The summed E-state index contributed by atoms with van der Waals surface area (Å²) < 4.78 is 28.3. The minimum Gasteiger partial charge on any atom is -0.490 e. The maximum absolute atomic E-state index is 11.8. The lowest BCUT2D eigenvalue weighted by Crippen LogP contribution is -2.49. The average molecular weight is 465 g/mol. The van der Waals surface area contributed by atoms with Gasteiger partial charge >= 0.3 is 5.97 Å². The Bertz CT molecular complexity index is 1070. The lowest BCUT2D eigenvalue weighted by atomic mass is 9.99. The van der Waals surface area contributed by atoms with Crippen molar-refractivity contribution in [1.29, 1.82) is 0 Å². The Morgan fingerprint density at radius 3 is 2.09 bits per heavy atom. The summed E-state index contributed by atoms with van der Waals surface area (Å²) in [7, 11) is 0. The zero-order valence-corrected chi connectivity index (χ0v) is 19.1. The van der Waals surface area contributed by atoms with Crippen molar-refractivity contribution in [3.63, 3.8) is 0 Å². The van der Waals surface area contributed by atoms with E-state index in [-0.39, 0.29) is 6.42 Å². The molecule has 34 heavy (non-hydrogen) atoms. The average Bonchev–Trinajstić information content (AvgIpc) is 2.85. The first-order valence-electron chi connectivity index (χ1n) is 11.2. The molecule has 1 N–H and O–H groups in total. The highest BCUT2D eigenvalue weighted by Gasteiger charge is 2.43. The Morgan fingerprint density at radius 1 is 0.853 bits per heavy atom. The molecule has 1 fully saturated rings. The summed E-state index contributed by atoms with van der Waals surface area (Å²) in [6, 6.07) is 22.6. The van der Waals surface area contributed by atoms with Gasteiger partial charge in [-0.05, 0) is 73.0 Å². The molecular weight excluding hydrogens is 436 g/mol. The molecule has 1 saturated heterocycles. The summed E-state index contributed by atoms with van der Waals surface area (Å²) in [5.41, 5.74) is 1.75. The maximum atomic E-state index is 11.8. The van der Waals surface area contributed by atoms with Gasteiger partial charge in [0.25, 0.3) is 5.79 Å². The summed E-state index contributed by atoms with van der Waals surface area (Å²) in [6.45, 7) is 3.40. The van der Waals surface area contributed by atoms with E-state index in [4.69, 9.17) is 23.7 Å². The molecule has 4 rings (SSSR count). The molecule has 3 aromatic rings. The van der Waals surface area contributed by atoms with Crippen molar-refractivity contribution in [2.24, 2.45) is 0 Å². The number of carboxylic acids is 1. The molecule has 0 spiro atoms. The quantitative estimate of drug-likeness (QED) is 0.423. The van der Waals surface area contributed by atoms with Crippen LogP contribution in [-0.2, 0) is 20.7 Å². The SMILES string of the molecule is Cc1cc(OCCOc2ccc(Oc3ccccc3)cc2)ccc1CC1(C(=O)O)OCCCO1. The molecule has 178 valence electrons. The second kappa shape index (κ2) is 11.0. The van der Waals surface area contributed by atoms with E-state index in [0.29, 0.717) is 38.6 Å². The van der Waals surface area contributed by atoms with Crippen LogP contribution in [-0.4, -0.2) is 43.3 Å². The van der Waals surface area contributed by atoms with Crippen LogP contribution >= 0.6 is 0 Å². The van der Waals surface area contributed by atoms with Crippen LogP contribution < -0.4 is 14.2 Å². The van der Waals surface area contributed by atoms with Gasteiger partial charge in [-0.25, -0.2) is 4.79 Å². The smallest absolute Gasteiger partial charge is 0.364 e. The number of ether oxygens (including phenoxy) is 5. The standard InChI is InChI=1S/C27H28O7/c1-20-18-25(9-8-21(20)19-27(26(28)29)32-14-5-15-33-27)31-17-16-30-22-10-12-24(13-11-22)34-23-6-3-2-4-7-23/h2-4,6-13,18H,5,14-17,19H2,1H3,(H,28,29). The number of aliphatic carboxylic acids is 1. The second-order valence-corrected chi connectivity index (χ2v) is 7.96. The molecule has 1 aliphatic heterocycles. The lowest BCUT2D eigenvalue weighted by Gasteiger charge is -2.33. The summed E-state index contributed by atoms with van der Waals surface area (Å²) in [5, 5.41) is 9.62. The molecule has 1 aliphatic rings. The van der Waals surface area contributed by atoms with E-state index < -0.39 is 11.8 Å². The number of rotatable bonds is 10. The molecule has 0 bridgehead atoms. The van der Waals surface area contributed by atoms with Crippen molar-refractivity contribution < 1.29 is 33.6 Å². The van der Waals surface area contributed by atoms with Gasteiger partial charge in [-0.15, -0.1) is 0 Å². The van der Waals surface area contributed by atoms with Crippen LogP contribution in [0.2, 0.25) is 0 Å². The third kappa shape index (κ3) is 6.07. The fourth-order valence-electron chi connectivity index (χ4n) is 3.63. The van der Waals surface area contributed by atoms with Gasteiger partial charge < -0.3 is 28.8 Å². The molecule has 0 radical (unpaired) electrons. The Hall–Kier alpha value is -3.55. The largest absolute Gasteiger partial charge is 0.490 e. The molecule has 0 atom stereocenters. The first-order chi connectivity index (χ1) is 16.5. The number of hydrogen-bond acceptors (Lipinski definition) is 6. The molecule has 0 aromatic heterocycles. The molecule has 0 amide bonds. The van der Waals surface area contributed by atoms with Crippen molar-refractivity contribution in [2.75, 3.05) is 26.4 Å². The number of hydrogen-bond donors (Lipinski definition) is 1. The number of benzene rings is 3. The van der Waals surface area contributed by atoms with E-state index >= 15 is 0 Å². The lowest BCUT2D eigenvalue weighted by molar-refractivity contribution is -0.265. The Balaban J connectivity index is 1.25. The normalized spacial score (nSPS) is 14.9. The van der Waals surface area contributed by atoms with Gasteiger partial charge in [-0.2, -0.15) is 0 Å². The van der Waals surface area contributed by atoms with Gasteiger partial charge in [0.15, 0.2) is 0 Å². The van der Waals surface area contributed by atoms with Gasteiger partial charge in [0, 0.05) is 6.42 Å². The van der Waals surface area contributed by atoms with Crippen LogP contribution in [0, 0.1) is 6.92 Å². The van der Waals surface area contributed by atoms with Gasteiger partial charge in [0.1, 0.15) is 36.2 Å². The summed E-state index contributed by atoms with van der Waals surface area (Å²) in [5.74, 6) is 0.194. The number of aryl methyl sites for hydroxylation is 1. The van der Waals surface area contributed by atoms with Crippen LogP contribution in [0.1, 0.15) is 17.5 Å². The maximum Gasteiger partial charge on any atom is 0.364 e. The Morgan fingerprint density at radius 2 is 1.44 bits per heavy atom. The van der Waals surface area contributed by atoms with Crippen LogP contribution in [0.5, 0.6) is 23.0 Å². The summed E-state index contributed by atoms with van der Waals surface area (Å²) in [4.78, 5) is 11.8. The monoisotopic (exact) mass is 464 g/mol. The van der Waals surface area contributed by atoms with E-state index in [1.165, 1.54) is 0 Å². The highest BCUT2D eigenvalue weighted by atomic mass is 16.7.